The van der Waals surface area contributed by atoms with Crippen LogP contribution in [0.15, 0.2) is 0 Å². The van der Waals surface area contributed by atoms with Crippen molar-refractivity contribution in [1.82, 2.24) is 4.90 Å². The van der Waals surface area contributed by atoms with E-state index in [4.69, 9.17) is 0 Å². The highest BCUT2D eigenvalue weighted by Gasteiger charge is 2.39. The number of methoxy groups -OCH3 is 1. The summed E-state index contributed by atoms with van der Waals surface area (Å²) in [4.78, 5) is 24.5. The number of rotatable bonds is 3. The second-order valence-corrected chi connectivity index (χ2v) is 4.42. The van der Waals surface area contributed by atoms with E-state index in [2.05, 4.69) is 4.74 Å². The first-order chi connectivity index (χ1) is 6.61. The molecule has 1 rings (SSSR count). The maximum Gasteiger partial charge on any atom is 0.328 e. The number of likely N-dealkylation sites (tertiary alicyclic amines) is 1. The summed E-state index contributed by atoms with van der Waals surface area (Å²) in [6.07, 6.45) is 2.61. The lowest BCUT2D eigenvalue weighted by molar-refractivity contribution is -0.159. The average Bonchev–Trinajstić information content (AvgIpc) is 2.14. The van der Waals surface area contributed by atoms with Crippen molar-refractivity contribution in [1.29, 1.82) is 0 Å². The molecule has 1 aliphatic heterocycles. The van der Waals surface area contributed by atoms with E-state index in [-0.39, 0.29) is 23.2 Å². The Morgan fingerprint density at radius 3 is 2.57 bits per heavy atom. The van der Waals surface area contributed by atoms with E-state index in [1.165, 1.54) is 18.9 Å². The molecular weight excluding hydrogens is 202 g/mol. The summed E-state index contributed by atoms with van der Waals surface area (Å²) in [6, 6.07) is -0.345. The first-order valence-electron chi connectivity index (χ1n) is 4.53. The van der Waals surface area contributed by atoms with Crippen LogP contribution in [0.5, 0.6) is 0 Å². The van der Waals surface area contributed by atoms with Crippen molar-refractivity contribution >= 4 is 23.6 Å². The summed E-state index contributed by atoms with van der Waals surface area (Å²) in [6.45, 7) is 2.52. The molecule has 1 heterocycles. The summed E-state index contributed by atoms with van der Waals surface area (Å²) in [5, 5.41) is -0.0811. The van der Waals surface area contributed by atoms with Crippen LogP contribution in [-0.4, -0.2) is 48.0 Å². The Balaban J connectivity index is 2.54. The molecule has 0 aromatic rings. The van der Waals surface area contributed by atoms with Crippen molar-refractivity contribution in [2.24, 2.45) is 0 Å². The molecule has 1 fully saturated rings. The minimum Gasteiger partial charge on any atom is -0.467 e. The average molecular weight is 217 g/mol. The summed E-state index contributed by atoms with van der Waals surface area (Å²) in [5.41, 5.74) is 0. The van der Waals surface area contributed by atoms with Crippen LogP contribution >= 0.6 is 11.8 Å². The van der Waals surface area contributed by atoms with Crippen molar-refractivity contribution in [3.05, 3.63) is 0 Å². The van der Waals surface area contributed by atoms with Gasteiger partial charge in [-0.2, -0.15) is 11.8 Å². The van der Waals surface area contributed by atoms with Gasteiger partial charge in [-0.05, 0) is 19.6 Å². The zero-order valence-electron chi connectivity index (χ0n) is 8.65. The Morgan fingerprint density at radius 2 is 2.21 bits per heavy atom. The number of ether oxygens (including phenoxy) is 1. The zero-order valence-corrected chi connectivity index (χ0v) is 9.47. The number of amides is 1. The summed E-state index contributed by atoms with van der Waals surface area (Å²) in [5.74, 6) is -0.281. The molecule has 2 atom stereocenters. The molecule has 5 heteroatoms. The first kappa shape index (κ1) is 11.4. The largest absolute Gasteiger partial charge is 0.467 e. The van der Waals surface area contributed by atoms with Crippen LogP contribution in [0.4, 0.5) is 0 Å². The minimum atomic E-state index is -0.345. The van der Waals surface area contributed by atoms with Gasteiger partial charge in [0.15, 0.2) is 0 Å². The van der Waals surface area contributed by atoms with E-state index in [1.54, 1.807) is 4.90 Å². The molecule has 1 aliphatic rings. The van der Waals surface area contributed by atoms with Gasteiger partial charge in [0.1, 0.15) is 6.04 Å². The highest BCUT2D eigenvalue weighted by molar-refractivity contribution is 7.99. The van der Waals surface area contributed by atoms with Gasteiger partial charge in [0, 0.05) is 6.54 Å². The summed E-state index contributed by atoms with van der Waals surface area (Å²) < 4.78 is 4.61. The zero-order chi connectivity index (χ0) is 10.7. The fourth-order valence-corrected chi connectivity index (χ4v) is 1.70. The molecule has 14 heavy (non-hydrogen) atoms. The molecule has 80 valence electrons. The molecule has 1 amide bonds. The highest BCUT2D eigenvalue weighted by atomic mass is 32.2. The molecule has 0 radical (unpaired) electrons. The smallest absolute Gasteiger partial charge is 0.328 e. The quantitative estimate of drug-likeness (QED) is 0.646. The molecule has 2 unspecified atom stereocenters. The molecule has 0 aromatic carbocycles. The Morgan fingerprint density at radius 1 is 1.57 bits per heavy atom. The van der Waals surface area contributed by atoms with Crippen LogP contribution in [0.2, 0.25) is 0 Å². The maximum atomic E-state index is 11.7. The van der Waals surface area contributed by atoms with Crippen LogP contribution in [0.3, 0.4) is 0 Å². The lowest BCUT2D eigenvalue weighted by Gasteiger charge is -2.39. The fourth-order valence-electron chi connectivity index (χ4n) is 1.37. The van der Waals surface area contributed by atoms with E-state index in [9.17, 15) is 9.59 Å². The third-order valence-corrected chi connectivity index (χ3v) is 3.39. The normalized spacial score (nSPS) is 22.5. The van der Waals surface area contributed by atoms with E-state index in [0.29, 0.717) is 6.54 Å². The number of thioether (sulfide) groups is 1. The van der Waals surface area contributed by atoms with Crippen LogP contribution in [-0.2, 0) is 14.3 Å². The number of carbonyl (C=O) groups is 2. The van der Waals surface area contributed by atoms with Crippen LogP contribution in [0, 0.1) is 0 Å². The molecule has 0 spiro atoms. The fraction of sp³-hybridized carbons (Fsp3) is 0.778. The van der Waals surface area contributed by atoms with Gasteiger partial charge in [0.2, 0.25) is 5.91 Å². The number of carbonyl (C=O) groups excluding carboxylic acids is 2. The molecule has 4 nitrogen and oxygen atoms in total. The molecule has 1 saturated heterocycles. The Labute approximate surface area is 88.0 Å². The number of hydrogen-bond donors (Lipinski definition) is 0. The summed E-state index contributed by atoms with van der Waals surface area (Å²) >= 11 is 1.49. The van der Waals surface area contributed by atoms with E-state index >= 15 is 0 Å². The lowest BCUT2D eigenvalue weighted by atomic mass is 10.0. The molecule has 0 aliphatic carbocycles. The third kappa shape index (κ3) is 2.03. The lowest BCUT2D eigenvalue weighted by Crippen LogP contribution is -2.57. The van der Waals surface area contributed by atoms with Gasteiger partial charge in [-0.25, -0.2) is 4.79 Å². The van der Waals surface area contributed by atoms with Gasteiger partial charge >= 0.3 is 5.97 Å². The second kappa shape index (κ2) is 4.68. The van der Waals surface area contributed by atoms with Crippen molar-refractivity contribution < 1.29 is 14.3 Å². The van der Waals surface area contributed by atoms with E-state index < -0.39 is 0 Å². The minimum absolute atomic E-state index is 0.0270. The van der Waals surface area contributed by atoms with Crippen molar-refractivity contribution in [3.8, 4) is 0 Å². The number of hydrogen-bond acceptors (Lipinski definition) is 4. The monoisotopic (exact) mass is 217 g/mol. The standard InChI is InChI=1S/C9H15NO3S/c1-6(14-3)8(11)10-5-4-7(10)9(12)13-2/h6-7H,4-5H2,1-3H3. The van der Waals surface area contributed by atoms with Crippen molar-refractivity contribution in [3.63, 3.8) is 0 Å². The second-order valence-electron chi connectivity index (χ2n) is 3.24. The van der Waals surface area contributed by atoms with Crippen LogP contribution in [0.1, 0.15) is 13.3 Å². The molecular formula is C9H15NO3S. The topological polar surface area (TPSA) is 46.6 Å². The van der Waals surface area contributed by atoms with Crippen molar-refractivity contribution in [2.75, 3.05) is 19.9 Å². The molecule has 0 bridgehead atoms. The third-order valence-electron chi connectivity index (χ3n) is 2.48. The first-order valence-corrected chi connectivity index (χ1v) is 5.81. The van der Waals surface area contributed by atoms with Gasteiger partial charge in [-0.3, -0.25) is 4.79 Å². The maximum absolute atomic E-state index is 11.7. The van der Waals surface area contributed by atoms with Gasteiger partial charge < -0.3 is 9.64 Å². The molecule has 0 N–H and O–H groups in total. The number of esters is 1. The van der Waals surface area contributed by atoms with Gasteiger partial charge in [0.05, 0.1) is 12.4 Å². The van der Waals surface area contributed by atoms with Crippen LogP contribution < -0.4 is 0 Å². The Bertz CT molecular complexity index is 244. The van der Waals surface area contributed by atoms with Crippen molar-refractivity contribution in [2.45, 2.75) is 24.6 Å². The predicted molar refractivity (Wildman–Crippen MR) is 55.1 cm³/mol. The van der Waals surface area contributed by atoms with Gasteiger partial charge in [-0.1, -0.05) is 0 Å². The van der Waals surface area contributed by atoms with E-state index in [0.717, 1.165) is 6.42 Å². The van der Waals surface area contributed by atoms with Crippen LogP contribution in [0.25, 0.3) is 0 Å². The Hall–Kier alpha value is -0.710. The van der Waals surface area contributed by atoms with Gasteiger partial charge in [-0.15, -0.1) is 0 Å². The predicted octanol–water partition coefficient (Wildman–Crippen LogP) is 0.512. The SMILES string of the molecule is COC(=O)C1CCN1C(=O)C(C)SC. The molecule has 0 saturated carbocycles. The number of nitrogens with zero attached hydrogens (tertiary/aromatic N) is 1. The van der Waals surface area contributed by atoms with E-state index in [1.807, 2.05) is 13.2 Å². The highest BCUT2D eigenvalue weighted by Crippen LogP contribution is 2.22. The molecule has 0 aromatic heterocycles. The summed E-state index contributed by atoms with van der Waals surface area (Å²) in [7, 11) is 1.35. The van der Waals surface area contributed by atoms with Gasteiger partial charge in [0.25, 0.3) is 0 Å². The Kier molecular flexibility index (Phi) is 3.80.